The van der Waals surface area contributed by atoms with Crippen LogP contribution in [0.15, 0.2) is 5.11 Å². The fourth-order valence-corrected chi connectivity index (χ4v) is 0.106. The summed E-state index contributed by atoms with van der Waals surface area (Å²) < 4.78 is 0. The molecule has 0 radical (unpaired) electrons. The molecule has 0 aliphatic rings. The number of rotatable bonds is 2. The van der Waals surface area contributed by atoms with E-state index in [-0.39, 0.29) is 0 Å². The highest BCUT2D eigenvalue weighted by Crippen LogP contribution is 1.72. The van der Waals surface area contributed by atoms with E-state index in [2.05, 4.69) is 5.11 Å². The molecular weight excluding hydrogens is 78.1 g/mol. The predicted octanol–water partition coefficient (Wildman–Crippen LogP) is 0.931. The van der Waals surface area contributed by atoms with Gasteiger partial charge in [-0.1, -0.05) is 0 Å². The maximum Gasteiger partial charge on any atom is 0.0726 e. The highest BCUT2D eigenvalue weighted by Gasteiger charge is 1.71. The molecule has 0 spiro atoms. The fraction of sp³-hybridized carbons (Fsp3) is 0.667. The quantitative estimate of drug-likeness (QED) is 0.391. The van der Waals surface area contributed by atoms with Crippen molar-refractivity contribution >= 4 is 0 Å². The Kier molecular flexibility index (Phi) is 3.47. The van der Waals surface area contributed by atoms with Crippen molar-refractivity contribution in [1.82, 2.24) is 0 Å². The second kappa shape index (κ2) is 4.09. The van der Waals surface area contributed by atoms with Crippen molar-refractivity contribution in [3.63, 3.8) is 0 Å². The van der Waals surface area contributed by atoms with Gasteiger partial charge >= 0.3 is 0 Å². The smallest absolute Gasteiger partial charge is 0.0726 e. The Morgan fingerprint density at radius 2 is 2.50 bits per heavy atom. The van der Waals surface area contributed by atoms with Crippen LogP contribution in [0.3, 0.4) is 0 Å². The third-order valence-corrected chi connectivity index (χ3v) is 0.335. The summed E-state index contributed by atoms with van der Waals surface area (Å²) in [5, 5.41) is 10.8. The molecule has 0 fully saturated rings. The summed E-state index contributed by atoms with van der Waals surface area (Å²) in [5.41, 5.74) is 6.18. The summed E-state index contributed by atoms with van der Waals surface area (Å²) in [6.45, 7) is 0.344. The first-order valence-corrected chi connectivity index (χ1v) is 1.62. The van der Waals surface area contributed by atoms with Crippen LogP contribution in [-0.4, -0.2) is 6.54 Å². The van der Waals surface area contributed by atoms with E-state index in [0.29, 0.717) is 13.0 Å². The van der Waals surface area contributed by atoms with Gasteiger partial charge in [-0.05, 0) is 0 Å². The Bertz CT molecular complexity index is 70.6. The van der Waals surface area contributed by atoms with Gasteiger partial charge in [-0.2, -0.15) is 10.4 Å². The van der Waals surface area contributed by atoms with E-state index in [1.165, 1.54) is 0 Å². The highest BCUT2D eigenvalue weighted by molar-refractivity contribution is 4.68. The monoisotopic (exact) mass is 83.0 g/mol. The Labute approximate surface area is 36.1 Å². The summed E-state index contributed by atoms with van der Waals surface area (Å²) in [4.78, 5) is 0. The van der Waals surface area contributed by atoms with E-state index in [4.69, 9.17) is 10.8 Å². The number of nitrogens with zero attached hydrogens (tertiary/aromatic N) is 2. The van der Waals surface area contributed by atoms with Gasteiger partial charge in [0.25, 0.3) is 0 Å². The van der Waals surface area contributed by atoms with Gasteiger partial charge in [-0.25, -0.2) is 5.53 Å². The molecule has 0 unspecified atom stereocenters. The van der Waals surface area contributed by atoms with Crippen LogP contribution in [0.25, 0.3) is 0 Å². The van der Waals surface area contributed by atoms with Crippen molar-refractivity contribution in [1.29, 1.82) is 10.8 Å². The lowest BCUT2D eigenvalue weighted by atomic mass is 10.5. The Morgan fingerprint density at radius 3 is 2.67 bits per heavy atom. The van der Waals surface area contributed by atoms with Crippen molar-refractivity contribution in [2.75, 3.05) is 6.54 Å². The van der Waals surface area contributed by atoms with Gasteiger partial charge in [0.15, 0.2) is 0 Å². The standard InChI is InChI=1S/C3H5N3/c4-2-1-3-6-5/h5H,1,3H2. The molecule has 3 heteroatoms. The normalized spacial score (nSPS) is 6.50. The molecule has 0 aromatic carbocycles. The van der Waals surface area contributed by atoms with Crippen molar-refractivity contribution in [3.05, 3.63) is 0 Å². The zero-order chi connectivity index (χ0) is 4.83. The van der Waals surface area contributed by atoms with Crippen LogP contribution in [-0.2, 0) is 0 Å². The first-order valence-electron chi connectivity index (χ1n) is 1.62. The summed E-state index contributed by atoms with van der Waals surface area (Å²) in [7, 11) is 0. The third kappa shape index (κ3) is 3.09. The van der Waals surface area contributed by atoms with Crippen LogP contribution >= 0.6 is 0 Å². The molecule has 0 amide bonds. The highest BCUT2D eigenvalue weighted by atomic mass is 14.9. The van der Waals surface area contributed by atoms with Gasteiger partial charge in [-0.3, -0.25) is 0 Å². The number of nitriles is 1. The van der Waals surface area contributed by atoms with Crippen LogP contribution in [0.5, 0.6) is 0 Å². The van der Waals surface area contributed by atoms with E-state index in [1.807, 2.05) is 6.07 Å². The minimum Gasteiger partial charge on any atom is -0.210 e. The van der Waals surface area contributed by atoms with Gasteiger partial charge in [0, 0.05) is 0 Å². The molecule has 0 saturated heterocycles. The molecule has 0 aromatic heterocycles. The average Bonchev–Trinajstić information content (AvgIpc) is 1.61. The van der Waals surface area contributed by atoms with Crippen LogP contribution in [0.4, 0.5) is 0 Å². The minimum atomic E-state index is 0.344. The number of hydrogen-bond donors (Lipinski definition) is 1. The third-order valence-electron chi connectivity index (χ3n) is 0.335. The summed E-state index contributed by atoms with van der Waals surface area (Å²) in [6.07, 6.45) is 0.365. The van der Waals surface area contributed by atoms with Crippen molar-refractivity contribution < 1.29 is 0 Å². The van der Waals surface area contributed by atoms with E-state index in [1.54, 1.807) is 0 Å². The van der Waals surface area contributed by atoms with E-state index in [0.717, 1.165) is 0 Å². The minimum absolute atomic E-state index is 0.344. The Hall–Kier alpha value is -0.910. The molecule has 32 valence electrons. The molecule has 0 heterocycles. The summed E-state index contributed by atoms with van der Waals surface area (Å²) in [6, 6.07) is 1.85. The van der Waals surface area contributed by atoms with Gasteiger partial charge in [0.2, 0.25) is 0 Å². The van der Waals surface area contributed by atoms with Crippen LogP contribution in [0.1, 0.15) is 6.42 Å². The maximum atomic E-state index is 7.80. The molecule has 0 rings (SSSR count). The van der Waals surface area contributed by atoms with Gasteiger partial charge in [0.05, 0.1) is 19.0 Å². The summed E-state index contributed by atoms with van der Waals surface area (Å²) in [5.74, 6) is 0. The molecule has 0 aliphatic carbocycles. The molecule has 1 N–H and O–H groups in total. The molecule has 0 aliphatic heterocycles. The lowest BCUT2D eigenvalue weighted by Gasteiger charge is -1.69. The lowest BCUT2D eigenvalue weighted by Crippen LogP contribution is -1.69. The zero-order valence-corrected chi connectivity index (χ0v) is 3.31. The molecule has 3 nitrogen and oxygen atoms in total. The van der Waals surface area contributed by atoms with E-state index < -0.39 is 0 Å². The van der Waals surface area contributed by atoms with Gasteiger partial charge in [0.1, 0.15) is 0 Å². The van der Waals surface area contributed by atoms with Crippen molar-refractivity contribution in [3.8, 4) is 6.07 Å². The average molecular weight is 83.1 g/mol. The summed E-state index contributed by atoms with van der Waals surface area (Å²) >= 11 is 0. The topological polar surface area (TPSA) is 60.0 Å². The van der Waals surface area contributed by atoms with Crippen LogP contribution in [0, 0.1) is 16.9 Å². The largest absolute Gasteiger partial charge is 0.210 e. The lowest BCUT2D eigenvalue weighted by molar-refractivity contribution is 0.893. The second-order valence-corrected chi connectivity index (χ2v) is 0.790. The SMILES string of the molecule is N#CCCN=N. The maximum absolute atomic E-state index is 7.80. The van der Waals surface area contributed by atoms with Gasteiger partial charge in [-0.15, -0.1) is 0 Å². The van der Waals surface area contributed by atoms with Crippen LogP contribution < -0.4 is 0 Å². The van der Waals surface area contributed by atoms with Gasteiger partial charge < -0.3 is 0 Å². The first kappa shape index (κ1) is 5.09. The van der Waals surface area contributed by atoms with E-state index >= 15 is 0 Å². The second-order valence-electron chi connectivity index (χ2n) is 0.790. The number of nitrogens with one attached hydrogen (secondary N) is 1. The predicted molar refractivity (Wildman–Crippen MR) is 20.2 cm³/mol. The molecule has 0 aromatic rings. The van der Waals surface area contributed by atoms with Crippen molar-refractivity contribution in [2.24, 2.45) is 5.11 Å². The number of hydrogen-bond acceptors (Lipinski definition) is 3. The van der Waals surface area contributed by atoms with Crippen molar-refractivity contribution in [2.45, 2.75) is 6.42 Å². The molecule has 0 bridgehead atoms. The molecule has 0 atom stereocenters. The fourth-order valence-electron chi connectivity index (χ4n) is 0.106. The Morgan fingerprint density at radius 1 is 1.83 bits per heavy atom. The van der Waals surface area contributed by atoms with Crippen LogP contribution in [0.2, 0.25) is 0 Å². The molecular formula is C3H5N3. The molecule has 0 saturated carbocycles. The first-order chi connectivity index (χ1) is 2.91. The Balaban J connectivity index is 2.72. The molecule has 6 heavy (non-hydrogen) atoms. The zero-order valence-electron chi connectivity index (χ0n) is 3.31. The van der Waals surface area contributed by atoms with E-state index in [9.17, 15) is 0 Å².